The molecule has 4 heteroatoms. The molecule has 2 rings (SSSR count). The molecule has 0 aromatic heterocycles. The van der Waals surface area contributed by atoms with E-state index >= 15 is 0 Å². The summed E-state index contributed by atoms with van der Waals surface area (Å²) in [5.74, 6) is 1.68. The van der Waals surface area contributed by atoms with Crippen molar-refractivity contribution in [1.82, 2.24) is 4.90 Å². The van der Waals surface area contributed by atoms with E-state index < -0.39 is 0 Å². The fourth-order valence-corrected chi connectivity index (χ4v) is 5.83. The predicted octanol–water partition coefficient (Wildman–Crippen LogP) is 5.19. The number of unbranched alkanes of at least 4 members (excludes halogenated alkanes) is 1. The average Bonchev–Trinajstić information content (AvgIpc) is 3.01. The molecule has 1 saturated heterocycles. The first-order valence-corrected chi connectivity index (χ1v) is 10.8. The fraction of sp³-hybridized carbons (Fsp3) is 0.870. The second kappa shape index (κ2) is 8.55. The molecule has 0 aromatic carbocycles. The van der Waals surface area contributed by atoms with Crippen molar-refractivity contribution in [1.29, 1.82) is 5.41 Å². The minimum absolute atomic E-state index is 0.266. The summed E-state index contributed by atoms with van der Waals surface area (Å²) in [7, 11) is 1.82. The van der Waals surface area contributed by atoms with Crippen LogP contribution in [0.2, 0.25) is 0 Å². The number of amidine groups is 1. The van der Waals surface area contributed by atoms with E-state index in [1.165, 1.54) is 19.3 Å². The van der Waals surface area contributed by atoms with Crippen molar-refractivity contribution >= 4 is 5.84 Å². The number of hydrogen-bond donors (Lipinski definition) is 2. The van der Waals surface area contributed by atoms with Gasteiger partial charge < -0.3 is 15.4 Å². The molecular formula is C23H43N3O. The van der Waals surface area contributed by atoms with Gasteiger partial charge in [0.2, 0.25) is 0 Å². The van der Waals surface area contributed by atoms with Crippen LogP contribution >= 0.6 is 0 Å². The van der Waals surface area contributed by atoms with Gasteiger partial charge in [-0.2, -0.15) is 0 Å². The van der Waals surface area contributed by atoms with Crippen LogP contribution in [-0.4, -0.2) is 37.0 Å². The summed E-state index contributed by atoms with van der Waals surface area (Å²) >= 11 is 0. The van der Waals surface area contributed by atoms with Crippen LogP contribution in [0.5, 0.6) is 0 Å². The number of likely N-dealkylation sites (tertiary alicyclic amines) is 1. The van der Waals surface area contributed by atoms with Crippen molar-refractivity contribution in [3.05, 3.63) is 11.3 Å². The van der Waals surface area contributed by atoms with E-state index in [0.717, 1.165) is 43.7 Å². The highest BCUT2D eigenvalue weighted by Gasteiger charge is 2.49. The van der Waals surface area contributed by atoms with Crippen LogP contribution in [0.4, 0.5) is 0 Å². The van der Waals surface area contributed by atoms with Crippen LogP contribution in [0.1, 0.15) is 80.1 Å². The van der Waals surface area contributed by atoms with Crippen molar-refractivity contribution in [3.8, 4) is 0 Å². The monoisotopic (exact) mass is 377 g/mol. The van der Waals surface area contributed by atoms with Crippen LogP contribution in [0.15, 0.2) is 11.3 Å². The smallest absolute Gasteiger partial charge is 0.126 e. The second-order valence-electron chi connectivity index (χ2n) is 10.6. The number of ether oxygens (including phenoxy) is 1. The Morgan fingerprint density at radius 3 is 2.56 bits per heavy atom. The molecule has 0 aromatic rings. The summed E-state index contributed by atoms with van der Waals surface area (Å²) in [4.78, 5) is 2.38. The zero-order valence-electron chi connectivity index (χ0n) is 18.8. The molecule has 4 nitrogen and oxygen atoms in total. The van der Waals surface area contributed by atoms with E-state index in [1.54, 1.807) is 0 Å². The van der Waals surface area contributed by atoms with Crippen molar-refractivity contribution in [2.45, 2.75) is 86.1 Å². The number of rotatable bonds is 7. The number of nitrogens with two attached hydrogens (primary N) is 1. The minimum atomic E-state index is 0.266. The Labute approximate surface area is 167 Å². The van der Waals surface area contributed by atoms with E-state index in [-0.39, 0.29) is 5.41 Å². The molecule has 2 aliphatic rings. The van der Waals surface area contributed by atoms with Gasteiger partial charge in [-0.25, -0.2) is 0 Å². The minimum Gasteiger partial charge on any atom is -0.402 e. The zero-order valence-corrected chi connectivity index (χ0v) is 18.8. The van der Waals surface area contributed by atoms with Crippen LogP contribution < -0.4 is 5.73 Å². The van der Waals surface area contributed by atoms with E-state index in [0.29, 0.717) is 29.1 Å². The normalized spacial score (nSPS) is 33.8. The lowest BCUT2D eigenvalue weighted by molar-refractivity contribution is 0.0631. The quantitative estimate of drug-likeness (QED) is 0.642. The molecule has 0 bridgehead atoms. The van der Waals surface area contributed by atoms with E-state index in [9.17, 15) is 0 Å². The van der Waals surface area contributed by atoms with Gasteiger partial charge in [-0.3, -0.25) is 5.41 Å². The maximum Gasteiger partial charge on any atom is 0.126 e. The zero-order chi connectivity index (χ0) is 20.4. The number of nitrogens with zero attached hydrogens (tertiary/aromatic N) is 1. The van der Waals surface area contributed by atoms with Gasteiger partial charge in [0, 0.05) is 43.5 Å². The molecule has 4 atom stereocenters. The molecule has 1 heterocycles. The average molecular weight is 378 g/mol. The molecule has 1 saturated carbocycles. The summed E-state index contributed by atoms with van der Waals surface area (Å²) in [5.41, 5.74) is 8.73. The Bertz CT molecular complexity index is 558. The molecule has 3 N–H and O–H groups in total. The predicted molar refractivity (Wildman–Crippen MR) is 115 cm³/mol. The third kappa shape index (κ3) is 5.07. The fourth-order valence-electron chi connectivity index (χ4n) is 5.83. The lowest BCUT2D eigenvalue weighted by Crippen LogP contribution is -2.36. The third-order valence-electron chi connectivity index (χ3n) is 6.69. The molecule has 27 heavy (non-hydrogen) atoms. The summed E-state index contributed by atoms with van der Waals surface area (Å²) in [6.45, 7) is 15.5. The van der Waals surface area contributed by atoms with E-state index in [1.807, 2.05) is 14.0 Å². The maximum atomic E-state index is 8.86. The number of allylic oxidation sites excluding steroid dienone is 1. The Kier molecular flexibility index (Phi) is 7.05. The van der Waals surface area contributed by atoms with Gasteiger partial charge >= 0.3 is 0 Å². The van der Waals surface area contributed by atoms with Gasteiger partial charge in [-0.1, -0.05) is 47.5 Å². The molecule has 0 spiro atoms. The van der Waals surface area contributed by atoms with Crippen LogP contribution in [0.25, 0.3) is 0 Å². The van der Waals surface area contributed by atoms with Gasteiger partial charge in [0.15, 0.2) is 0 Å². The summed E-state index contributed by atoms with van der Waals surface area (Å²) in [5, 5.41) is 8.86. The molecule has 2 unspecified atom stereocenters. The number of nitrogens with one attached hydrogen (secondary N) is 1. The molecule has 2 fully saturated rings. The van der Waals surface area contributed by atoms with Crippen LogP contribution in [0, 0.1) is 28.1 Å². The summed E-state index contributed by atoms with van der Waals surface area (Å²) < 4.78 is 5.61. The Hall–Kier alpha value is -1.03. The van der Waals surface area contributed by atoms with Crippen molar-refractivity contribution in [3.63, 3.8) is 0 Å². The molecule has 1 aliphatic heterocycles. The topological polar surface area (TPSA) is 62.3 Å². The first-order chi connectivity index (χ1) is 12.5. The lowest BCUT2D eigenvalue weighted by Gasteiger charge is -2.37. The van der Waals surface area contributed by atoms with Gasteiger partial charge in [-0.05, 0) is 49.4 Å². The van der Waals surface area contributed by atoms with Gasteiger partial charge in [0.25, 0.3) is 0 Å². The molecule has 156 valence electrons. The number of methoxy groups -OCH3 is 1. The molecular weight excluding hydrogens is 334 g/mol. The lowest BCUT2D eigenvalue weighted by atomic mass is 9.69. The SMILES string of the molecule is CCCCC1CN(C2C[C@H](COC)[C@@](C)(CC(C)(C)C)C2)C(=N)C1=C(C)N. The summed E-state index contributed by atoms with van der Waals surface area (Å²) in [6, 6.07) is 0.436. The first kappa shape index (κ1) is 22.3. The Morgan fingerprint density at radius 2 is 2.04 bits per heavy atom. The Morgan fingerprint density at radius 1 is 1.37 bits per heavy atom. The van der Waals surface area contributed by atoms with Gasteiger partial charge in [0.05, 0.1) is 0 Å². The highest BCUT2D eigenvalue weighted by molar-refractivity contribution is 5.99. The van der Waals surface area contributed by atoms with Crippen LogP contribution in [-0.2, 0) is 4.74 Å². The van der Waals surface area contributed by atoms with Gasteiger partial charge in [0.1, 0.15) is 5.84 Å². The highest BCUT2D eigenvalue weighted by Crippen LogP contribution is 2.52. The van der Waals surface area contributed by atoms with E-state index in [4.69, 9.17) is 15.9 Å². The van der Waals surface area contributed by atoms with Gasteiger partial charge in [-0.15, -0.1) is 0 Å². The number of hydrogen-bond acceptors (Lipinski definition) is 3. The molecule has 0 amide bonds. The highest BCUT2D eigenvalue weighted by atomic mass is 16.5. The van der Waals surface area contributed by atoms with Crippen LogP contribution in [0.3, 0.4) is 0 Å². The third-order valence-corrected chi connectivity index (χ3v) is 6.69. The standard InChI is InChI=1S/C23H43N3O/c1-8-9-10-17-13-26(21(25)20(17)16(2)24)19-11-18(14-27-7)23(6,12-19)15-22(3,4)5/h17-19,25H,8-15,24H2,1-7H3/t17?,18-,19?,23-/m1/s1. The summed E-state index contributed by atoms with van der Waals surface area (Å²) in [6.07, 6.45) is 7.03. The van der Waals surface area contributed by atoms with Crippen molar-refractivity contribution < 1.29 is 4.74 Å². The molecule has 1 aliphatic carbocycles. The second-order valence-corrected chi connectivity index (χ2v) is 10.6. The van der Waals surface area contributed by atoms with Crippen molar-refractivity contribution in [2.75, 3.05) is 20.3 Å². The van der Waals surface area contributed by atoms with E-state index in [2.05, 4.69) is 39.5 Å². The van der Waals surface area contributed by atoms with Crippen molar-refractivity contribution in [2.24, 2.45) is 28.4 Å². The first-order valence-electron chi connectivity index (χ1n) is 10.8. The molecule has 0 radical (unpaired) electrons. The largest absolute Gasteiger partial charge is 0.402 e. The maximum absolute atomic E-state index is 8.86. The Balaban J connectivity index is 2.22.